The second-order valence-electron chi connectivity index (χ2n) is 7.62. The lowest BCUT2D eigenvalue weighted by atomic mass is 9.92. The number of nitrogens with zero attached hydrogens (tertiary/aromatic N) is 1. The van der Waals surface area contributed by atoms with Gasteiger partial charge in [-0.3, -0.25) is 0 Å². The van der Waals surface area contributed by atoms with Crippen LogP contribution in [0.3, 0.4) is 0 Å². The third-order valence-electron chi connectivity index (χ3n) is 5.65. The summed E-state index contributed by atoms with van der Waals surface area (Å²) in [5.74, 6) is 0.660. The van der Waals surface area contributed by atoms with Crippen molar-refractivity contribution in [3.05, 3.63) is 84.1 Å². The molecule has 0 amide bonds. The average Bonchev–Trinajstić information content (AvgIpc) is 2.84. The van der Waals surface area contributed by atoms with E-state index in [1.165, 1.54) is 17.8 Å². The van der Waals surface area contributed by atoms with Crippen molar-refractivity contribution in [2.75, 3.05) is 13.7 Å². The van der Waals surface area contributed by atoms with Gasteiger partial charge in [0.05, 0.1) is 12.0 Å². The molecule has 6 nitrogen and oxygen atoms in total. The third kappa shape index (κ3) is 4.79. The number of pyridine rings is 1. The van der Waals surface area contributed by atoms with Gasteiger partial charge < -0.3 is 15.4 Å². The lowest BCUT2D eigenvalue weighted by molar-refractivity contribution is 0.302. The molecule has 0 saturated carbocycles. The van der Waals surface area contributed by atoms with Crippen LogP contribution in [0.2, 0.25) is 0 Å². The standard InChI is InChI=1S/C24H27N3O3S/c1-30-22-13-12-20(31(28,29)23-11-5-6-14-25-23)16-19(22)17-27-21-10-7-15-26-24(21)18-8-3-2-4-9-18/h2-6,8-9,11-14,16,21,24,26-27H,7,10,15,17H2,1H3/t21-,24-/m0/s1. The van der Waals surface area contributed by atoms with Crippen molar-refractivity contribution in [2.45, 2.75) is 41.4 Å². The fourth-order valence-electron chi connectivity index (χ4n) is 4.05. The molecule has 162 valence electrons. The van der Waals surface area contributed by atoms with Crippen LogP contribution in [0.5, 0.6) is 5.75 Å². The summed E-state index contributed by atoms with van der Waals surface area (Å²) in [6, 6.07) is 20.7. The number of hydrogen-bond donors (Lipinski definition) is 2. The maximum absolute atomic E-state index is 13.0. The van der Waals surface area contributed by atoms with E-state index in [2.05, 4.69) is 39.9 Å². The molecule has 0 bridgehead atoms. The lowest BCUT2D eigenvalue weighted by Gasteiger charge is -2.34. The zero-order valence-corrected chi connectivity index (χ0v) is 18.3. The molecular weight excluding hydrogens is 410 g/mol. The molecule has 1 aliphatic rings. The molecule has 2 heterocycles. The van der Waals surface area contributed by atoms with Gasteiger partial charge in [0.2, 0.25) is 9.84 Å². The molecule has 0 aliphatic carbocycles. The van der Waals surface area contributed by atoms with Crippen LogP contribution in [0.15, 0.2) is 82.8 Å². The van der Waals surface area contributed by atoms with E-state index in [0.29, 0.717) is 12.3 Å². The minimum atomic E-state index is -3.69. The topological polar surface area (TPSA) is 80.3 Å². The minimum absolute atomic E-state index is 0.0414. The summed E-state index contributed by atoms with van der Waals surface area (Å²) in [7, 11) is -2.09. The Morgan fingerprint density at radius 1 is 1.10 bits per heavy atom. The number of ether oxygens (including phenoxy) is 1. The molecule has 1 fully saturated rings. The predicted molar refractivity (Wildman–Crippen MR) is 120 cm³/mol. The van der Waals surface area contributed by atoms with Gasteiger partial charge in [0.25, 0.3) is 0 Å². The first-order valence-electron chi connectivity index (χ1n) is 10.4. The molecule has 31 heavy (non-hydrogen) atoms. The first-order chi connectivity index (χ1) is 15.1. The SMILES string of the molecule is COc1ccc(S(=O)(=O)c2ccccn2)cc1CN[C@H]1CCCN[C@H]1c1ccccc1. The number of rotatable bonds is 7. The number of nitrogens with one attached hydrogen (secondary N) is 2. The minimum Gasteiger partial charge on any atom is -0.496 e. The molecule has 2 atom stereocenters. The highest BCUT2D eigenvalue weighted by Gasteiger charge is 2.26. The summed E-state index contributed by atoms with van der Waals surface area (Å²) < 4.78 is 31.5. The van der Waals surface area contributed by atoms with E-state index in [9.17, 15) is 8.42 Å². The Hall–Kier alpha value is -2.74. The van der Waals surface area contributed by atoms with Gasteiger partial charge in [-0.25, -0.2) is 13.4 Å². The van der Waals surface area contributed by atoms with Gasteiger partial charge in [-0.2, -0.15) is 0 Å². The first-order valence-corrected chi connectivity index (χ1v) is 11.9. The molecule has 0 unspecified atom stereocenters. The summed E-state index contributed by atoms with van der Waals surface area (Å²) in [6.07, 6.45) is 3.62. The fourth-order valence-corrected chi connectivity index (χ4v) is 5.29. The van der Waals surface area contributed by atoms with Crippen LogP contribution >= 0.6 is 0 Å². The normalized spacial score (nSPS) is 19.1. The van der Waals surface area contributed by atoms with Crippen molar-refractivity contribution in [1.82, 2.24) is 15.6 Å². The Labute approximate surface area is 183 Å². The van der Waals surface area contributed by atoms with Gasteiger partial charge in [0.15, 0.2) is 5.03 Å². The molecule has 7 heteroatoms. The van der Waals surface area contributed by atoms with Crippen molar-refractivity contribution < 1.29 is 13.2 Å². The van der Waals surface area contributed by atoms with Crippen molar-refractivity contribution in [3.63, 3.8) is 0 Å². The van der Waals surface area contributed by atoms with Crippen molar-refractivity contribution in [2.24, 2.45) is 0 Å². The number of hydrogen-bond acceptors (Lipinski definition) is 6. The van der Waals surface area contributed by atoms with Crippen LogP contribution in [0.25, 0.3) is 0 Å². The third-order valence-corrected chi connectivity index (χ3v) is 7.31. The lowest BCUT2D eigenvalue weighted by Crippen LogP contribution is -2.45. The van der Waals surface area contributed by atoms with Crippen LogP contribution in [0.4, 0.5) is 0 Å². The van der Waals surface area contributed by atoms with Gasteiger partial charge in [0.1, 0.15) is 5.75 Å². The van der Waals surface area contributed by atoms with E-state index >= 15 is 0 Å². The van der Waals surface area contributed by atoms with Crippen LogP contribution in [-0.4, -0.2) is 33.1 Å². The average molecular weight is 438 g/mol. The number of piperidine rings is 1. The zero-order valence-electron chi connectivity index (χ0n) is 17.5. The van der Waals surface area contributed by atoms with Crippen molar-refractivity contribution in [3.8, 4) is 5.75 Å². The predicted octanol–water partition coefficient (Wildman–Crippen LogP) is 3.51. The molecule has 1 aromatic heterocycles. The Bertz CT molecular complexity index is 1110. The molecule has 1 saturated heterocycles. The van der Waals surface area contributed by atoms with Crippen LogP contribution in [-0.2, 0) is 16.4 Å². The van der Waals surface area contributed by atoms with Crippen molar-refractivity contribution >= 4 is 9.84 Å². The Morgan fingerprint density at radius 3 is 2.65 bits per heavy atom. The van der Waals surface area contributed by atoms with Gasteiger partial charge in [0, 0.05) is 30.4 Å². The molecule has 2 aromatic carbocycles. The van der Waals surface area contributed by atoms with Gasteiger partial charge in [-0.05, 0) is 55.3 Å². The van der Waals surface area contributed by atoms with E-state index in [1.54, 1.807) is 37.4 Å². The number of sulfone groups is 1. The fraction of sp³-hybridized carbons (Fsp3) is 0.292. The van der Waals surface area contributed by atoms with E-state index in [0.717, 1.165) is 24.9 Å². The molecule has 1 aliphatic heterocycles. The summed E-state index contributed by atoms with van der Waals surface area (Å²) >= 11 is 0. The highest BCUT2D eigenvalue weighted by atomic mass is 32.2. The number of benzene rings is 2. The molecule has 0 radical (unpaired) electrons. The Kier molecular flexibility index (Phi) is 6.65. The summed E-state index contributed by atoms with van der Waals surface area (Å²) in [5, 5.41) is 7.28. The van der Waals surface area contributed by atoms with Crippen LogP contribution < -0.4 is 15.4 Å². The van der Waals surface area contributed by atoms with Crippen LogP contribution in [0, 0.1) is 0 Å². The monoisotopic (exact) mass is 437 g/mol. The molecule has 0 spiro atoms. The van der Waals surface area contributed by atoms with E-state index in [4.69, 9.17) is 4.74 Å². The summed E-state index contributed by atoms with van der Waals surface area (Å²) in [5.41, 5.74) is 2.05. The van der Waals surface area contributed by atoms with Gasteiger partial charge in [-0.1, -0.05) is 36.4 Å². The summed E-state index contributed by atoms with van der Waals surface area (Å²) in [4.78, 5) is 4.23. The van der Waals surface area contributed by atoms with Crippen LogP contribution in [0.1, 0.15) is 30.0 Å². The highest BCUT2D eigenvalue weighted by molar-refractivity contribution is 7.91. The maximum Gasteiger partial charge on any atom is 0.223 e. The quantitative estimate of drug-likeness (QED) is 0.589. The van der Waals surface area contributed by atoms with E-state index in [1.807, 2.05) is 6.07 Å². The van der Waals surface area contributed by atoms with Gasteiger partial charge in [-0.15, -0.1) is 0 Å². The second kappa shape index (κ2) is 9.60. The molecular formula is C24H27N3O3S. The van der Waals surface area contributed by atoms with E-state index < -0.39 is 9.84 Å². The van der Waals surface area contributed by atoms with E-state index in [-0.39, 0.29) is 22.0 Å². The number of methoxy groups -OCH3 is 1. The largest absolute Gasteiger partial charge is 0.496 e. The summed E-state index contributed by atoms with van der Waals surface area (Å²) in [6.45, 7) is 1.49. The Balaban J connectivity index is 1.57. The Morgan fingerprint density at radius 2 is 1.90 bits per heavy atom. The van der Waals surface area contributed by atoms with Crippen molar-refractivity contribution in [1.29, 1.82) is 0 Å². The molecule has 4 rings (SSSR count). The second-order valence-corrected chi connectivity index (χ2v) is 9.51. The maximum atomic E-state index is 13.0. The molecule has 3 aromatic rings. The molecule has 2 N–H and O–H groups in total. The highest BCUT2D eigenvalue weighted by Crippen LogP contribution is 2.28. The number of aromatic nitrogens is 1. The zero-order chi connectivity index (χ0) is 21.7. The first kappa shape index (κ1) is 21.5. The smallest absolute Gasteiger partial charge is 0.223 e. The van der Waals surface area contributed by atoms with Gasteiger partial charge >= 0.3 is 0 Å².